The number of rotatable bonds is 47. The predicted octanol–water partition coefficient (Wildman–Crippen LogP) is 7.38. The molecule has 0 radical (unpaired) electrons. The van der Waals surface area contributed by atoms with Crippen LogP contribution in [-0.4, -0.2) is 210 Å². The van der Waals surface area contributed by atoms with E-state index < -0.39 is 30.0 Å². The van der Waals surface area contributed by atoms with Crippen LogP contribution >= 0.6 is 15.9 Å². The number of allylic oxidation sites excluding steroid dienone is 2. The van der Waals surface area contributed by atoms with Gasteiger partial charge in [0.05, 0.1) is 121 Å². The van der Waals surface area contributed by atoms with Crippen LogP contribution in [0.15, 0.2) is 60.2 Å². The topological polar surface area (TPSA) is 289 Å². The second-order valence-corrected chi connectivity index (χ2v) is 27.0. The Hall–Kier alpha value is -4.34. The molecule has 12 atom stereocenters. The molecule has 4 fully saturated rings. The molecule has 3 saturated heterocycles. The minimum atomic E-state index is -0.844. The number of ether oxygens (including phenoxy) is 9. The number of unbranched alkanes of at least 4 members (excludes halogenated alkanes) is 1. The first-order valence-corrected chi connectivity index (χ1v) is 35.7. The SMILES string of the molecule is CC(/C=C/[C@H]1O[C@H](CC(=O)CC2CCC(CC(=O)CCc3ccccc3NC(=O)[C@H](C)NC(C)[C@@H](NC(=O)CCCCOCCOCCOCCOCCOCCOCCNC(=O)CBr)C(C)C)CC2)C[C@@]2(CO2)[C@@H]1O)=C\C[C@@H]1O[C@H](C)[C@H](NC(=O)/C=C\[C@H](C)O)C[C@@H]1C. The van der Waals surface area contributed by atoms with Crippen molar-refractivity contribution in [3.63, 3.8) is 0 Å². The van der Waals surface area contributed by atoms with Crippen molar-refractivity contribution in [3.05, 3.63) is 65.8 Å². The number of anilines is 1. The lowest BCUT2D eigenvalue weighted by atomic mass is 9.77. The molecule has 1 spiro atoms. The van der Waals surface area contributed by atoms with Gasteiger partial charge in [0.25, 0.3) is 0 Å². The highest BCUT2D eigenvalue weighted by molar-refractivity contribution is 9.09. The minimum Gasteiger partial charge on any atom is -0.389 e. The number of nitrogens with one attached hydrogen (secondary N) is 5. The van der Waals surface area contributed by atoms with Crippen molar-refractivity contribution >= 4 is 56.8 Å². The molecule has 5 rings (SSSR count). The van der Waals surface area contributed by atoms with E-state index in [0.29, 0.717) is 149 Å². The van der Waals surface area contributed by atoms with Gasteiger partial charge in [-0.25, -0.2) is 0 Å². The van der Waals surface area contributed by atoms with Gasteiger partial charge in [0.15, 0.2) is 0 Å². The van der Waals surface area contributed by atoms with Crippen LogP contribution < -0.4 is 26.6 Å². The average Bonchev–Trinajstić information content (AvgIpc) is 1.60. The van der Waals surface area contributed by atoms with Crippen molar-refractivity contribution < 1.29 is 81.6 Å². The number of halogens is 1. The Kier molecular flexibility index (Phi) is 38.1. The highest BCUT2D eigenvalue weighted by atomic mass is 79.9. The van der Waals surface area contributed by atoms with Crippen LogP contribution in [0.2, 0.25) is 0 Å². The number of epoxide rings is 1. The van der Waals surface area contributed by atoms with Gasteiger partial charge in [-0.2, -0.15) is 0 Å². The first-order chi connectivity index (χ1) is 45.1. The zero-order chi connectivity index (χ0) is 68.3. The van der Waals surface area contributed by atoms with Crippen LogP contribution in [-0.2, 0) is 77.8 Å². The van der Waals surface area contributed by atoms with Crippen LogP contribution in [0, 0.1) is 23.7 Å². The smallest absolute Gasteiger partial charge is 0.244 e. The van der Waals surface area contributed by atoms with Crippen LogP contribution in [0.1, 0.15) is 151 Å². The molecule has 1 saturated carbocycles. The first kappa shape index (κ1) is 80.3. The number of aliphatic hydroxyl groups is 2. The molecule has 1 aromatic carbocycles. The average molecular weight is 1390 g/mol. The Morgan fingerprint density at radius 1 is 0.745 bits per heavy atom. The van der Waals surface area contributed by atoms with E-state index in [1.54, 1.807) is 6.92 Å². The fourth-order valence-electron chi connectivity index (χ4n) is 12.4. The lowest BCUT2D eigenvalue weighted by Gasteiger charge is -2.39. The molecule has 0 aromatic heterocycles. The molecule has 3 aliphatic heterocycles. The summed E-state index contributed by atoms with van der Waals surface area (Å²) in [6, 6.07) is 6.49. The summed E-state index contributed by atoms with van der Waals surface area (Å²) in [6.07, 6.45) is 15.3. The van der Waals surface area contributed by atoms with Crippen molar-refractivity contribution in [2.75, 3.05) is 103 Å². The molecule has 0 bridgehead atoms. The van der Waals surface area contributed by atoms with Gasteiger partial charge in [0, 0.05) is 75.5 Å². The van der Waals surface area contributed by atoms with Gasteiger partial charge in [-0.15, -0.1) is 0 Å². The summed E-state index contributed by atoms with van der Waals surface area (Å²) in [5.41, 5.74) is 1.86. The number of para-hydroxylation sites is 1. The van der Waals surface area contributed by atoms with Crippen LogP contribution in [0.3, 0.4) is 0 Å². The second-order valence-electron chi connectivity index (χ2n) is 26.4. The second kappa shape index (κ2) is 44.6. The quantitative estimate of drug-likeness (QED) is 0.0110. The Morgan fingerprint density at radius 3 is 1.94 bits per heavy atom. The number of hydrogen-bond acceptors (Lipinski definition) is 18. The molecular formula is C71H114BrN5O17. The maximum absolute atomic E-state index is 13.6. The van der Waals surface area contributed by atoms with Crippen LogP contribution in [0.4, 0.5) is 5.69 Å². The number of alkyl halides is 1. The standard InChI is InChI=1S/C71H114BrN5O17/c1-48(2)68(77-65(81)15-11-12-29-86-31-33-88-35-37-90-39-40-91-38-36-89-34-32-87-30-28-73-67(83)46-72)52(6)74-53(7)70(85)76-61-14-10-9-13-57(61)23-24-58(79)42-55-19-21-56(22-20-55)43-59(80)44-60-45-71(47-92-71)69(84)64(94-60)26-17-49(3)16-25-63-50(4)41-62(54(8)93-63)75-66(82)27-18-51(5)78/h9-10,13-14,16-18,26-27,48,50-56,60,62-64,68-69,74,78,84H,11-12,15,19-25,28-47H2,1-8H3,(H,73,83)(H,75,82)(H,76,85)(H,77,81)/b26-17+,27-18-,49-16+/t50-,51-,52?,53-,54+,55?,56?,60+,62+,63-,64+,68-,69+,71+/m0/s1. The monoisotopic (exact) mass is 1390 g/mol. The molecule has 3 heterocycles. The summed E-state index contributed by atoms with van der Waals surface area (Å²) in [6.45, 7) is 21.9. The number of aliphatic hydroxyl groups excluding tert-OH is 2. The zero-order valence-electron chi connectivity index (χ0n) is 57.4. The minimum absolute atomic E-state index is 0.0249. The molecule has 532 valence electrons. The number of ketones is 2. The number of carbonyl (C=O) groups excluding carboxylic acids is 6. The van der Waals surface area contributed by atoms with Gasteiger partial charge in [-0.1, -0.05) is 84.8 Å². The summed E-state index contributed by atoms with van der Waals surface area (Å²) in [4.78, 5) is 77.2. The number of Topliss-reactive ketones (excluding diaryl/α,β-unsaturated/α-hetero) is 2. The van der Waals surface area contributed by atoms with Gasteiger partial charge >= 0.3 is 0 Å². The van der Waals surface area contributed by atoms with Crippen molar-refractivity contribution in [3.8, 4) is 0 Å². The van der Waals surface area contributed by atoms with E-state index in [4.69, 9.17) is 42.6 Å². The van der Waals surface area contributed by atoms with Crippen LogP contribution in [0.5, 0.6) is 0 Å². The first-order valence-electron chi connectivity index (χ1n) is 34.6. The number of aryl methyl sites for hydroxylation is 1. The van der Waals surface area contributed by atoms with Gasteiger partial charge < -0.3 is 79.4 Å². The molecular weight excluding hydrogens is 1270 g/mol. The van der Waals surface area contributed by atoms with E-state index in [9.17, 15) is 39.0 Å². The number of amides is 4. The van der Waals surface area contributed by atoms with Crippen molar-refractivity contribution in [2.45, 2.75) is 218 Å². The third-order valence-electron chi connectivity index (χ3n) is 18.0. The number of benzene rings is 1. The van der Waals surface area contributed by atoms with Crippen molar-refractivity contribution in [2.24, 2.45) is 23.7 Å². The Labute approximate surface area is 567 Å². The summed E-state index contributed by atoms with van der Waals surface area (Å²) < 4.78 is 51.7. The molecule has 1 aromatic rings. The zero-order valence-corrected chi connectivity index (χ0v) is 59.0. The lowest BCUT2D eigenvalue weighted by molar-refractivity contribution is -0.145. The van der Waals surface area contributed by atoms with E-state index >= 15 is 0 Å². The fraction of sp³-hybridized carbons (Fsp3) is 0.746. The summed E-state index contributed by atoms with van der Waals surface area (Å²) in [5, 5.41) is 36.4. The molecule has 22 nitrogen and oxygen atoms in total. The van der Waals surface area contributed by atoms with E-state index in [2.05, 4.69) is 55.5 Å². The van der Waals surface area contributed by atoms with E-state index in [0.717, 1.165) is 49.7 Å². The maximum atomic E-state index is 13.6. The number of hydrogen-bond donors (Lipinski definition) is 7. The van der Waals surface area contributed by atoms with Gasteiger partial charge in [0.2, 0.25) is 23.6 Å². The van der Waals surface area contributed by atoms with Crippen molar-refractivity contribution in [1.29, 1.82) is 0 Å². The fourth-order valence-corrected chi connectivity index (χ4v) is 12.6. The highest BCUT2D eigenvalue weighted by Gasteiger charge is 2.58. The summed E-state index contributed by atoms with van der Waals surface area (Å²) in [7, 11) is 0. The van der Waals surface area contributed by atoms with Gasteiger partial charge in [0.1, 0.15) is 29.4 Å². The summed E-state index contributed by atoms with van der Waals surface area (Å²) >= 11 is 3.09. The normalized spacial score (nSPS) is 25.3. The molecule has 23 heteroatoms. The van der Waals surface area contributed by atoms with E-state index in [-0.39, 0.29) is 107 Å². The predicted molar refractivity (Wildman–Crippen MR) is 363 cm³/mol. The number of carbonyl (C=O) groups is 6. The highest BCUT2D eigenvalue weighted by Crippen LogP contribution is 2.44. The lowest BCUT2D eigenvalue weighted by Crippen LogP contribution is -2.55. The molecule has 94 heavy (non-hydrogen) atoms. The largest absolute Gasteiger partial charge is 0.389 e. The Bertz CT molecular complexity index is 2510. The Balaban J connectivity index is 0.894. The van der Waals surface area contributed by atoms with E-state index in [1.165, 1.54) is 12.2 Å². The van der Waals surface area contributed by atoms with Gasteiger partial charge in [-0.3, -0.25) is 28.8 Å². The van der Waals surface area contributed by atoms with Crippen LogP contribution in [0.25, 0.3) is 0 Å². The Morgan fingerprint density at radius 2 is 1.34 bits per heavy atom. The molecule has 4 amide bonds. The van der Waals surface area contributed by atoms with Crippen molar-refractivity contribution in [1.82, 2.24) is 21.3 Å². The van der Waals surface area contributed by atoms with E-state index in [1.807, 2.05) is 78.0 Å². The maximum Gasteiger partial charge on any atom is 0.244 e. The molecule has 7 N–H and O–H groups in total. The molecule has 4 aliphatic rings. The summed E-state index contributed by atoms with van der Waals surface area (Å²) in [5.74, 6) is 0.582. The third kappa shape index (κ3) is 31.5. The molecule has 1 aliphatic carbocycles. The third-order valence-corrected chi connectivity index (χ3v) is 18.5. The van der Waals surface area contributed by atoms with Gasteiger partial charge in [-0.05, 0) is 128 Å². The molecule has 1 unspecified atom stereocenters.